The number of hydrogen-bond acceptors (Lipinski definition) is 8. The van der Waals surface area contributed by atoms with E-state index in [0.29, 0.717) is 50.7 Å². The van der Waals surface area contributed by atoms with Crippen LogP contribution in [-0.2, 0) is 4.74 Å². The molecule has 0 atom stereocenters. The van der Waals surface area contributed by atoms with Crippen molar-refractivity contribution in [2.45, 2.75) is 0 Å². The number of piperazine rings is 1. The zero-order valence-electron chi connectivity index (χ0n) is 17.0. The molecule has 164 valence electrons. The predicted molar refractivity (Wildman–Crippen MR) is 115 cm³/mol. The van der Waals surface area contributed by atoms with Crippen molar-refractivity contribution in [3.8, 4) is 0 Å². The van der Waals surface area contributed by atoms with E-state index in [1.807, 2.05) is 4.90 Å². The van der Waals surface area contributed by atoms with Gasteiger partial charge in [-0.05, 0) is 18.2 Å². The van der Waals surface area contributed by atoms with Gasteiger partial charge < -0.3 is 19.9 Å². The standard InChI is InChI=1S/C20H23N5O6/c1-31-13-8-21-16-7-6-15(14-19(16)25(29)30)20(26)23-11-9-22(10-12-23)17-4-2-3-5-18(17)24(27)28/h2-7,14,21H,8-13H2,1H3. The fourth-order valence-electron chi connectivity index (χ4n) is 3.47. The third kappa shape index (κ3) is 5.07. The topological polar surface area (TPSA) is 131 Å². The maximum absolute atomic E-state index is 12.9. The molecule has 11 heteroatoms. The highest BCUT2D eigenvalue weighted by Gasteiger charge is 2.27. The molecular weight excluding hydrogens is 406 g/mol. The molecule has 3 rings (SSSR count). The average molecular weight is 429 g/mol. The van der Waals surface area contributed by atoms with Gasteiger partial charge in [-0.25, -0.2) is 0 Å². The maximum Gasteiger partial charge on any atom is 0.293 e. The summed E-state index contributed by atoms with van der Waals surface area (Å²) < 4.78 is 4.93. The van der Waals surface area contributed by atoms with Gasteiger partial charge in [-0.3, -0.25) is 25.0 Å². The van der Waals surface area contributed by atoms with E-state index >= 15 is 0 Å². The molecule has 1 amide bonds. The van der Waals surface area contributed by atoms with E-state index in [1.165, 1.54) is 25.3 Å². The lowest BCUT2D eigenvalue weighted by Gasteiger charge is -2.35. The van der Waals surface area contributed by atoms with Crippen LogP contribution in [0, 0.1) is 20.2 Å². The second-order valence-corrected chi connectivity index (χ2v) is 6.93. The molecule has 1 fully saturated rings. The maximum atomic E-state index is 12.9. The van der Waals surface area contributed by atoms with Crippen molar-refractivity contribution in [1.82, 2.24) is 4.90 Å². The largest absolute Gasteiger partial charge is 0.383 e. The Bertz CT molecular complexity index is 974. The molecule has 2 aromatic carbocycles. The lowest BCUT2D eigenvalue weighted by atomic mass is 10.1. The minimum Gasteiger partial charge on any atom is -0.383 e. The number of hydrogen-bond donors (Lipinski definition) is 1. The van der Waals surface area contributed by atoms with Crippen molar-refractivity contribution in [2.24, 2.45) is 0 Å². The number of para-hydroxylation sites is 2. The number of carbonyl (C=O) groups excluding carboxylic acids is 1. The molecule has 2 aromatic rings. The van der Waals surface area contributed by atoms with E-state index in [9.17, 15) is 25.0 Å². The number of nitrogens with one attached hydrogen (secondary N) is 1. The van der Waals surface area contributed by atoms with Gasteiger partial charge in [0.05, 0.1) is 16.5 Å². The Hall–Kier alpha value is -3.73. The highest BCUT2D eigenvalue weighted by atomic mass is 16.6. The van der Waals surface area contributed by atoms with Crippen molar-refractivity contribution < 1.29 is 19.4 Å². The zero-order chi connectivity index (χ0) is 22.4. The Morgan fingerprint density at radius 3 is 2.35 bits per heavy atom. The van der Waals surface area contributed by atoms with Gasteiger partial charge in [0.15, 0.2) is 0 Å². The first kappa shape index (κ1) is 22.0. The summed E-state index contributed by atoms with van der Waals surface area (Å²) in [4.78, 5) is 38.1. The van der Waals surface area contributed by atoms with Crippen LogP contribution in [0.15, 0.2) is 42.5 Å². The monoisotopic (exact) mass is 429 g/mol. The highest BCUT2D eigenvalue weighted by molar-refractivity contribution is 5.96. The van der Waals surface area contributed by atoms with E-state index in [2.05, 4.69) is 5.32 Å². The van der Waals surface area contributed by atoms with Crippen LogP contribution in [0.1, 0.15) is 10.4 Å². The van der Waals surface area contributed by atoms with Crippen LogP contribution in [0.2, 0.25) is 0 Å². The Kier molecular flexibility index (Phi) is 6.98. The molecule has 31 heavy (non-hydrogen) atoms. The van der Waals surface area contributed by atoms with Crippen LogP contribution in [-0.4, -0.2) is 67.1 Å². The van der Waals surface area contributed by atoms with Gasteiger partial charge >= 0.3 is 0 Å². The van der Waals surface area contributed by atoms with Gasteiger partial charge in [-0.1, -0.05) is 12.1 Å². The number of nitro groups is 2. The first-order chi connectivity index (χ1) is 14.9. The Morgan fingerprint density at radius 2 is 1.71 bits per heavy atom. The zero-order valence-corrected chi connectivity index (χ0v) is 17.0. The number of amides is 1. The third-order valence-electron chi connectivity index (χ3n) is 5.05. The van der Waals surface area contributed by atoms with Gasteiger partial charge in [0.25, 0.3) is 17.3 Å². The van der Waals surface area contributed by atoms with Crippen LogP contribution < -0.4 is 10.2 Å². The van der Waals surface area contributed by atoms with Gasteiger partial charge in [0.2, 0.25) is 0 Å². The molecule has 0 saturated carbocycles. The molecule has 0 aromatic heterocycles. The van der Waals surface area contributed by atoms with Crippen molar-refractivity contribution in [3.63, 3.8) is 0 Å². The lowest BCUT2D eigenvalue weighted by molar-refractivity contribution is -0.384. The number of ether oxygens (including phenoxy) is 1. The fourth-order valence-corrected chi connectivity index (χ4v) is 3.47. The van der Waals surface area contributed by atoms with Crippen molar-refractivity contribution >= 4 is 28.7 Å². The molecule has 0 aliphatic carbocycles. The summed E-state index contributed by atoms with van der Waals surface area (Å²) in [5.41, 5.74) is 0.902. The van der Waals surface area contributed by atoms with Gasteiger partial charge in [0.1, 0.15) is 11.4 Å². The van der Waals surface area contributed by atoms with Crippen molar-refractivity contribution in [1.29, 1.82) is 0 Å². The summed E-state index contributed by atoms with van der Waals surface area (Å²) in [5, 5.41) is 25.6. The summed E-state index contributed by atoms with van der Waals surface area (Å²) in [5.74, 6) is -0.311. The molecule has 11 nitrogen and oxygen atoms in total. The van der Waals surface area contributed by atoms with E-state index < -0.39 is 9.85 Å². The Balaban J connectivity index is 1.70. The molecule has 0 unspecified atom stereocenters. The minimum atomic E-state index is -0.529. The molecule has 1 heterocycles. The van der Waals surface area contributed by atoms with Crippen LogP contribution in [0.3, 0.4) is 0 Å². The predicted octanol–water partition coefficient (Wildman–Crippen LogP) is 2.52. The SMILES string of the molecule is COCCNc1ccc(C(=O)N2CCN(c3ccccc3[N+](=O)[O-])CC2)cc1[N+](=O)[O-]. The fraction of sp³-hybridized carbons (Fsp3) is 0.350. The number of methoxy groups -OCH3 is 1. The molecular formula is C20H23N5O6. The lowest BCUT2D eigenvalue weighted by Crippen LogP contribution is -2.49. The van der Waals surface area contributed by atoms with Gasteiger partial charge in [0, 0.05) is 57.5 Å². The van der Waals surface area contributed by atoms with Crippen LogP contribution in [0.5, 0.6) is 0 Å². The summed E-state index contributed by atoms with van der Waals surface area (Å²) in [6.45, 7) is 2.35. The van der Waals surface area contributed by atoms with E-state index in [0.717, 1.165) is 0 Å². The number of rotatable bonds is 8. The number of carbonyl (C=O) groups is 1. The summed E-state index contributed by atoms with van der Waals surface area (Å²) in [6.07, 6.45) is 0. The molecule has 1 aliphatic heterocycles. The molecule has 1 saturated heterocycles. The highest BCUT2D eigenvalue weighted by Crippen LogP contribution is 2.29. The van der Waals surface area contributed by atoms with Crippen molar-refractivity contribution in [2.75, 3.05) is 56.7 Å². The number of nitrogens with zero attached hydrogens (tertiary/aromatic N) is 4. The van der Waals surface area contributed by atoms with E-state index in [4.69, 9.17) is 4.74 Å². The van der Waals surface area contributed by atoms with Crippen molar-refractivity contribution in [3.05, 3.63) is 68.3 Å². The minimum absolute atomic E-state index is 0.0227. The number of nitro benzene ring substituents is 2. The van der Waals surface area contributed by atoms with Crippen LogP contribution >= 0.6 is 0 Å². The molecule has 0 bridgehead atoms. The quantitative estimate of drug-likeness (QED) is 0.385. The summed E-state index contributed by atoms with van der Waals surface area (Å²) in [6, 6.07) is 10.8. The molecule has 1 N–H and O–H groups in total. The number of anilines is 2. The summed E-state index contributed by atoms with van der Waals surface area (Å²) in [7, 11) is 1.54. The number of benzene rings is 2. The molecule has 0 radical (unpaired) electrons. The first-order valence-corrected chi connectivity index (χ1v) is 9.71. The second kappa shape index (κ2) is 9.85. The Morgan fingerprint density at radius 1 is 1.03 bits per heavy atom. The van der Waals surface area contributed by atoms with Gasteiger partial charge in [-0.15, -0.1) is 0 Å². The smallest absolute Gasteiger partial charge is 0.293 e. The van der Waals surface area contributed by atoms with Gasteiger partial charge in [-0.2, -0.15) is 0 Å². The normalized spacial score (nSPS) is 13.7. The van der Waals surface area contributed by atoms with E-state index in [1.54, 1.807) is 29.2 Å². The molecule has 1 aliphatic rings. The molecule has 0 spiro atoms. The average Bonchev–Trinajstić information content (AvgIpc) is 2.79. The van der Waals surface area contributed by atoms with Crippen LogP contribution in [0.25, 0.3) is 0 Å². The first-order valence-electron chi connectivity index (χ1n) is 9.71. The second-order valence-electron chi connectivity index (χ2n) is 6.93. The third-order valence-corrected chi connectivity index (χ3v) is 5.05. The van der Waals surface area contributed by atoms with Crippen LogP contribution in [0.4, 0.5) is 22.7 Å². The Labute approximate surface area is 178 Å². The van der Waals surface area contributed by atoms with E-state index in [-0.39, 0.29) is 22.8 Å². The summed E-state index contributed by atoms with van der Waals surface area (Å²) >= 11 is 0.